The third-order valence-corrected chi connectivity index (χ3v) is 5.02. The molecule has 2 amide bonds. The molecule has 0 unspecified atom stereocenters. The van der Waals surface area contributed by atoms with Gasteiger partial charge in [-0.05, 0) is 64.8 Å². The Kier molecular flexibility index (Phi) is 9.32. The highest BCUT2D eigenvalue weighted by molar-refractivity contribution is 5.97. The van der Waals surface area contributed by atoms with Crippen LogP contribution in [0.5, 0.6) is 0 Å². The molecule has 0 aromatic heterocycles. The zero-order valence-corrected chi connectivity index (χ0v) is 19.3. The highest BCUT2D eigenvalue weighted by atomic mass is 16.2. The molecule has 0 saturated heterocycles. The highest BCUT2D eigenvalue weighted by Crippen LogP contribution is 2.10. The Hall–Kier alpha value is -3.28. The molecule has 0 bridgehead atoms. The van der Waals surface area contributed by atoms with Crippen LogP contribution in [-0.2, 0) is 9.59 Å². The van der Waals surface area contributed by atoms with Crippen LogP contribution in [-0.4, -0.2) is 36.5 Å². The van der Waals surface area contributed by atoms with Crippen molar-refractivity contribution in [2.75, 3.05) is 13.1 Å². The molecule has 32 heavy (non-hydrogen) atoms. The summed E-state index contributed by atoms with van der Waals surface area (Å²) in [6.45, 7) is 7.64. The molecule has 0 spiro atoms. The summed E-state index contributed by atoms with van der Waals surface area (Å²) in [5.41, 5.74) is 5.08. The molecule has 2 rings (SSSR count). The van der Waals surface area contributed by atoms with E-state index in [9.17, 15) is 19.2 Å². The van der Waals surface area contributed by atoms with Crippen molar-refractivity contribution in [2.45, 2.75) is 53.4 Å². The number of hydrogen-bond acceptors (Lipinski definition) is 4. The Labute approximate surface area is 189 Å². The number of Topliss-reactive ketones (excluding diaryl/α,β-unsaturated/α-hetero) is 2. The predicted octanol–water partition coefficient (Wildman–Crippen LogP) is 3.78. The topological polar surface area (TPSA) is 92.3 Å². The van der Waals surface area contributed by atoms with Crippen molar-refractivity contribution in [3.63, 3.8) is 0 Å². The standard InChI is InChI=1S/C26H32N2O4/c1-17-9-18(2)12-21(11-17)25(31)27-15-23(29)7-5-6-8-24(30)16-28-26(32)22-13-19(3)10-20(4)14-22/h9-14H,5-8,15-16H2,1-4H3,(H,27,31)(H,28,32). The van der Waals surface area contributed by atoms with Gasteiger partial charge >= 0.3 is 0 Å². The summed E-state index contributed by atoms with van der Waals surface area (Å²) >= 11 is 0. The van der Waals surface area contributed by atoms with E-state index in [1.807, 2.05) is 39.8 Å². The third-order valence-electron chi connectivity index (χ3n) is 5.02. The summed E-state index contributed by atoms with van der Waals surface area (Å²) < 4.78 is 0. The summed E-state index contributed by atoms with van der Waals surface area (Å²) in [5, 5.41) is 5.31. The predicted molar refractivity (Wildman–Crippen MR) is 125 cm³/mol. The van der Waals surface area contributed by atoms with Gasteiger partial charge in [-0.25, -0.2) is 0 Å². The lowest BCUT2D eigenvalue weighted by Crippen LogP contribution is -2.30. The molecular weight excluding hydrogens is 404 g/mol. The maximum absolute atomic E-state index is 12.2. The molecule has 0 radical (unpaired) electrons. The largest absolute Gasteiger partial charge is 0.345 e. The van der Waals surface area contributed by atoms with Gasteiger partial charge in [0.15, 0.2) is 11.6 Å². The molecule has 6 heteroatoms. The van der Waals surface area contributed by atoms with Crippen LogP contribution in [0.15, 0.2) is 36.4 Å². The van der Waals surface area contributed by atoms with E-state index in [-0.39, 0.29) is 36.5 Å². The minimum atomic E-state index is -0.264. The van der Waals surface area contributed by atoms with Gasteiger partial charge in [0.1, 0.15) is 0 Å². The number of aryl methyl sites for hydroxylation is 4. The fourth-order valence-corrected chi connectivity index (χ4v) is 3.59. The van der Waals surface area contributed by atoms with Gasteiger partial charge in [0.05, 0.1) is 13.1 Å². The van der Waals surface area contributed by atoms with Gasteiger partial charge in [0.2, 0.25) is 0 Å². The van der Waals surface area contributed by atoms with Gasteiger partial charge in [0, 0.05) is 24.0 Å². The Bertz CT molecular complexity index is 889. The first-order valence-electron chi connectivity index (χ1n) is 10.9. The number of hydrogen-bond donors (Lipinski definition) is 2. The Morgan fingerprint density at radius 3 is 1.19 bits per heavy atom. The molecule has 6 nitrogen and oxygen atoms in total. The lowest BCUT2D eigenvalue weighted by Gasteiger charge is -2.08. The monoisotopic (exact) mass is 436 g/mol. The number of carbonyl (C=O) groups excluding carboxylic acids is 4. The lowest BCUT2D eigenvalue weighted by molar-refractivity contribution is -0.120. The van der Waals surface area contributed by atoms with Crippen molar-refractivity contribution in [3.8, 4) is 0 Å². The van der Waals surface area contributed by atoms with Crippen molar-refractivity contribution in [1.29, 1.82) is 0 Å². The lowest BCUT2D eigenvalue weighted by atomic mass is 10.1. The average molecular weight is 437 g/mol. The van der Waals surface area contributed by atoms with Crippen LogP contribution < -0.4 is 10.6 Å². The third kappa shape index (κ3) is 8.46. The second-order valence-corrected chi connectivity index (χ2v) is 8.40. The molecule has 0 saturated carbocycles. The van der Waals surface area contributed by atoms with E-state index < -0.39 is 0 Å². The SMILES string of the molecule is Cc1cc(C)cc(C(=O)NCC(=O)CCCCC(=O)CNC(=O)c2cc(C)cc(C)c2)c1. The van der Waals surface area contributed by atoms with Crippen molar-refractivity contribution in [3.05, 3.63) is 69.8 Å². The van der Waals surface area contributed by atoms with Crippen LogP contribution in [0.25, 0.3) is 0 Å². The number of unbranched alkanes of at least 4 members (excludes halogenated alkanes) is 1. The molecule has 0 aliphatic carbocycles. The second kappa shape index (κ2) is 11.9. The summed E-state index contributed by atoms with van der Waals surface area (Å²) in [5.74, 6) is -0.670. The average Bonchev–Trinajstić information content (AvgIpc) is 2.71. The number of ketones is 2. The molecule has 0 aliphatic rings. The van der Waals surface area contributed by atoms with Crippen LogP contribution in [0.4, 0.5) is 0 Å². The van der Waals surface area contributed by atoms with E-state index in [0.717, 1.165) is 22.3 Å². The van der Waals surface area contributed by atoms with Gasteiger partial charge in [0.25, 0.3) is 11.8 Å². The smallest absolute Gasteiger partial charge is 0.251 e. The van der Waals surface area contributed by atoms with Gasteiger partial charge in [-0.3, -0.25) is 19.2 Å². The minimum absolute atomic E-state index is 0.0221. The maximum atomic E-state index is 12.2. The number of rotatable bonds is 11. The van der Waals surface area contributed by atoms with Crippen LogP contribution in [0.3, 0.4) is 0 Å². The van der Waals surface area contributed by atoms with Crippen molar-refractivity contribution >= 4 is 23.4 Å². The van der Waals surface area contributed by atoms with Crippen LogP contribution >= 0.6 is 0 Å². The van der Waals surface area contributed by atoms with Crippen molar-refractivity contribution in [2.24, 2.45) is 0 Å². The Balaban J connectivity index is 1.63. The molecule has 2 aromatic carbocycles. The normalized spacial score (nSPS) is 10.5. The molecule has 0 fully saturated rings. The number of benzene rings is 2. The summed E-state index contributed by atoms with van der Waals surface area (Å²) in [4.78, 5) is 48.4. The Morgan fingerprint density at radius 2 is 0.875 bits per heavy atom. The van der Waals surface area contributed by atoms with Crippen LogP contribution in [0, 0.1) is 27.7 Å². The second-order valence-electron chi connectivity index (χ2n) is 8.40. The molecule has 170 valence electrons. The molecule has 2 N–H and O–H groups in total. The fraction of sp³-hybridized carbons (Fsp3) is 0.385. The van der Waals surface area contributed by atoms with Gasteiger partial charge in [-0.15, -0.1) is 0 Å². The molecular formula is C26H32N2O4. The van der Waals surface area contributed by atoms with E-state index in [1.54, 1.807) is 24.3 Å². The van der Waals surface area contributed by atoms with E-state index in [1.165, 1.54) is 0 Å². The zero-order valence-electron chi connectivity index (χ0n) is 19.3. The van der Waals surface area contributed by atoms with Crippen LogP contribution in [0.2, 0.25) is 0 Å². The first kappa shape index (κ1) is 25.0. The summed E-state index contributed by atoms with van der Waals surface area (Å²) in [6, 6.07) is 11.1. The van der Waals surface area contributed by atoms with E-state index in [2.05, 4.69) is 10.6 Å². The summed E-state index contributed by atoms with van der Waals surface area (Å²) in [7, 11) is 0. The number of nitrogens with one attached hydrogen (secondary N) is 2. The Morgan fingerprint density at radius 1 is 0.562 bits per heavy atom. The van der Waals surface area contributed by atoms with E-state index in [0.29, 0.717) is 36.8 Å². The van der Waals surface area contributed by atoms with Crippen LogP contribution in [0.1, 0.15) is 68.7 Å². The number of amides is 2. The molecule has 2 aromatic rings. The van der Waals surface area contributed by atoms with Crippen molar-refractivity contribution in [1.82, 2.24) is 10.6 Å². The highest BCUT2D eigenvalue weighted by Gasteiger charge is 2.11. The molecule has 0 atom stereocenters. The van der Waals surface area contributed by atoms with E-state index >= 15 is 0 Å². The zero-order chi connectivity index (χ0) is 23.7. The first-order chi connectivity index (χ1) is 15.1. The van der Waals surface area contributed by atoms with Gasteiger partial charge in [-0.1, -0.05) is 34.4 Å². The van der Waals surface area contributed by atoms with E-state index in [4.69, 9.17) is 0 Å². The molecule has 0 heterocycles. The minimum Gasteiger partial charge on any atom is -0.345 e. The first-order valence-corrected chi connectivity index (χ1v) is 10.9. The number of carbonyl (C=O) groups is 4. The molecule has 0 aliphatic heterocycles. The van der Waals surface area contributed by atoms with Crippen molar-refractivity contribution < 1.29 is 19.2 Å². The van der Waals surface area contributed by atoms with Gasteiger partial charge in [-0.2, -0.15) is 0 Å². The fourth-order valence-electron chi connectivity index (χ4n) is 3.59. The summed E-state index contributed by atoms with van der Waals surface area (Å²) in [6.07, 6.45) is 1.73. The van der Waals surface area contributed by atoms with Gasteiger partial charge < -0.3 is 10.6 Å². The quantitative estimate of drug-likeness (QED) is 0.525. The maximum Gasteiger partial charge on any atom is 0.251 e.